The van der Waals surface area contributed by atoms with E-state index in [1.807, 2.05) is 6.07 Å². The van der Waals surface area contributed by atoms with Crippen LogP contribution in [-0.2, 0) is 0 Å². The largest absolute Gasteiger partial charge is 0.357 e. The van der Waals surface area contributed by atoms with E-state index in [1.54, 1.807) is 20.2 Å². The maximum absolute atomic E-state index is 12.1. The van der Waals surface area contributed by atoms with Crippen molar-refractivity contribution in [3.05, 3.63) is 22.8 Å². The number of piperidine rings is 1. The molecule has 0 N–H and O–H groups in total. The first-order valence-electron chi connectivity index (χ1n) is 9.07. The van der Waals surface area contributed by atoms with E-state index in [4.69, 9.17) is 11.6 Å². The van der Waals surface area contributed by atoms with Crippen molar-refractivity contribution in [2.75, 3.05) is 52.7 Å². The van der Waals surface area contributed by atoms with Crippen molar-refractivity contribution in [1.82, 2.24) is 14.8 Å². The molecule has 2 heterocycles. The molecule has 1 aromatic rings. The Hall–Kier alpha value is -1.33. The third kappa shape index (κ3) is 3.93. The van der Waals surface area contributed by atoms with Crippen molar-refractivity contribution < 1.29 is 4.79 Å². The Labute approximate surface area is 155 Å². The topological polar surface area (TPSA) is 39.7 Å². The fourth-order valence-electron chi connectivity index (χ4n) is 4.43. The number of nitrogens with zero attached hydrogens (tertiary/aromatic N) is 4. The van der Waals surface area contributed by atoms with Crippen LogP contribution in [0.25, 0.3) is 0 Å². The average Bonchev–Trinajstić information content (AvgIpc) is 2.53. The predicted molar refractivity (Wildman–Crippen MR) is 102 cm³/mol. The summed E-state index contributed by atoms with van der Waals surface area (Å²) in [7, 11) is 7.76. The fourth-order valence-corrected chi connectivity index (χ4v) is 4.66. The summed E-state index contributed by atoms with van der Waals surface area (Å²) in [5.41, 5.74) is 1.02. The summed E-state index contributed by atoms with van der Waals surface area (Å²) in [6.45, 7) is 3.27. The van der Waals surface area contributed by atoms with Gasteiger partial charge in [0.2, 0.25) is 0 Å². The van der Waals surface area contributed by atoms with Crippen LogP contribution in [0.2, 0.25) is 5.15 Å². The molecule has 25 heavy (non-hydrogen) atoms. The predicted octanol–water partition coefficient (Wildman–Crippen LogP) is 3.00. The van der Waals surface area contributed by atoms with Crippen LogP contribution in [0.5, 0.6) is 0 Å². The molecule has 6 heteroatoms. The van der Waals surface area contributed by atoms with Crippen LogP contribution < -0.4 is 4.90 Å². The normalized spacial score (nSPS) is 20.0. The molecule has 5 nitrogen and oxygen atoms in total. The van der Waals surface area contributed by atoms with Crippen molar-refractivity contribution in [2.45, 2.75) is 25.7 Å². The van der Waals surface area contributed by atoms with Gasteiger partial charge in [-0.3, -0.25) is 4.79 Å². The second kappa shape index (κ2) is 7.12. The zero-order valence-electron chi connectivity index (χ0n) is 15.8. The molecule has 1 aromatic heterocycles. The van der Waals surface area contributed by atoms with Crippen LogP contribution in [0.1, 0.15) is 36.0 Å². The van der Waals surface area contributed by atoms with Crippen molar-refractivity contribution >= 4 is 23.3 Å². The zero-order chi connectivity index (χ0) is 18.2. The van der Waals surface area contributed by atoms with Crippen molar-refractivity contribution in [3.8, 4) is 0 Å². The molecule has 0 aromatic carbocycles. The highest BCUT2D eigenvalue weighted by atomic mass is 35.5. The summed E-state index contributed by atoms with van der Waals surface area (Å²) in [4.78, 5) is 22.7. The molecule has 2 fully saturated rings. The third-order valence-corrected chi connectivity index (χ3v) is 5.97. The molecular weight excluding hydrogens is 336 g/mol. The van der Waals surface area contributed by atoms with Gasteiger partial charge in [0, 0.05) is 33.7 Å². The van der Waals surface area contributed by atoms with Gasteiger partial charge in [-0.15, -0.1) is 0 Å². The number of carbonyl (C=O) groups excluding carboxylic acids is 1. The second-order valence-electron chi connectivity index (χ2n) is 8.23. The third-order valence-electron chi connectivity index (χ3n) is 5.69. The molecule has 1 amide bonds. The van der Waals surface area contributed by atoms with Gasteiger partial charge in [0.1, 0.15) is 11.0 Å². The molecule has 0 atom stereocenters. The number of hydrogen-bond donors (Lipinski definition) is 0. The first kappa shape index (κ1) is 18.5. The number of amides is 1. The second-order valence-corrected chi connectivity index (χ2v) is 8.59. The minimum absolute atomic E-state index is 0.108. The van der Waals surface area contributed by atoms with Gasteiger partial charge in [-0.25, -0.2) is 4.98 Å². The Balaban J connectivity index is 1.59. The number of anilines is 1. The van der Waals surface area contributed by atoms with Crippen LogP contribution >= 0.6 is 11.6 Å². The molecule has 0 unspecified atom stereocenters. The van der Waals surface area contributed by atoms with E-state index in [2.05, 4.69) is 28.9 Å². The minimum Gasteiger partial charge on any atom is -0.357 e. The Morgan fingerprint density at radius 2 is 1.88 bits per heavy atom. The molecule has 1 spiro atoms. The standard InChI is InChI=1S/C19H29ClN4O/c1-22(2)13-14-11-19(12-14)7-9-24(10-8-19)16-6-5-15(17(20)21-16)18(25)23(3)4/h5-6,14H,7-13H2,1-4H3. The molecule has 1 aliphatic heterocycles. The first-order chi connectivity index (χ1) is 11.8. The van der Waals surface area contributed by atoms with E-state index in [0.29, 0.717) is 16.1 Å². The summed E-state index contributed by atoms with van der Waals surface area (Å²) in [5, 5.41) is 0.297. The van der Waals surface area contributed by atoms with E-state index in [9.17, 15) is 4.79 Å². The van der Waals surface area contributed by atoms with Gasteiger partial charge in [-0.05, 0) is 63.2 Å². The van der Waals surface area contributed by atoms with E-state index < -0.39 is 0 Å². The lowest BCUT2D eigenvalue weighted by molar-refractivity contribution is 0.0150. The SMILES string of the molecule is CN(C)CC1CC2(CCN(c3ccc(C(=O)N(C)C)c(Cl)n3)CC2)C1. The molecule has 1 aliphatic carbocycles. The van der Waals surface area contributed by atoms with Gasteiger partial charge in [0.05, 0.1) is 5.56 Å². The lowest BCUT2D eigenvalue weighted by atomic mass is 9.57. The lowest BCUT2D eigenvalue weighted by Crippen LogP contribution is -2.49. The Bertz CT molecular complexity index is 630. The average molecular weight is 365 g/mol. The first-order valence-corrected chi connectivity index (χ1v) is 9.45. The molecule has 1 saturated carbocycles. The summed E-state index contributed by atoms with van der Waals surface area (Å²) in [5.74, 6) is 1.65. The van der Waals surface area contributed by atoms with Gasteiger partial charge in [0.25, 0.3) is 5.91 Å². The summed E-state index contributed by atoms with van der Waals surface area (Å²) in [6, 6.07) is 3.73. The van der Waals surface area contributed by atoms with Crippen molar-refractivity contribution in [3.63, 3.8) is 0 Å². The molecule has 1 saturated heterocycles. The van der Waals surface area contributed by atoms with Crippen molar-refractivity contribution in [2.24, 2.45) is 11.3 Å². The minimum atomic E-state index is -0.108. The van der Waals surface area contributed by atoms with Gasteiger partial charge < -0.3 is 14.7 Å². The van der Waals surface area contributed by atoms with Crippen LogP contribution in [-0.4, -0.2) is 68.5 Å². The van der Waals surface area contributed by atoms with E-state index in [1.165, 1.54) is 37.1 Å². The number of pyridine rings is 1. The molecule has 2 aliphatic rings. The van der Waals surface area contributed by atoms with Crippen LogP contribution in [0.15, 0.2) is 12.1 Å². The van der Waals surface area contributed by atoms with Gasteiger partial charge >= 0.3 is 0 Å². The molecular formula is C19H29ClN4O. The summed E-state index contributed by atoms with van der Waals surface area (Å²) < 4.78 is 0. The maximum atomic E-state index is 12.1. The van der Waals surface area contributed by atoms with E-state index in [-0.39, 0.29) is 5.91 Å². The summed E-state index contributed by atoms with van der Waals surface area (Å²) >= 11 is 6.26. The van der Waals surface area contributed by atoms with Crippen LogP contribution in [0.4, 0.5) is 5.82 Å². The number of aromatic nitrogens is 1. The number of halogens is 1. The van der Waals surface area contributed by atoms with Gasteiger partial charge in [-0.1, -0.05) is 11.6 Å². The Morgan fingerprint density at radius 1 is 1.24 bits per heavy atom. The van der Waals surface area contributed by atoms with Gasteiger partial charge in [-0.2, -0.15) is 0 Å². The molecule has 0 radical (unpaired) electrons. The highest BCUT2D eigenvalue weighted by molar-refractivity contribution is 6.32. The van der Waals surface area contributed by atoms with E-state index >= 15 is 0 Å². The molecule has 0 bridgehead atoms. The quantitative estimate of drug-likeness (QED) is 0.770. The fraction of sp³-hybridized carbons (Fsp3) is 0.684. The zero-order valence-corrected chi connectivity index (χ0v) is 16.5. The van der Waals surface area contributed by atoms with Crippen LogP contribution in [0, 0.1) is 11.3 Å². The number of carbonyl (C=O) groups is 1. The monoisotopic (exact) mass is 364 g/mol. The Kier molecular flexibility index (Phi) is 5.26. The van der Waals surface area contributed by atoms with Crippen LogP contribution in [0.3, 0.4) is 0 Å². The number of rotatable bonds is 4. The number of hydrogen-bond acceptors (Lipinski definition) is 4. The molecule has 3 rings (SSSR count). The smallest absolute Gasteiger partial charge is 0.256 e. The summed E-state index contributed by atoms with van der Waals surface area (Å²) in [6.07, 6.45) is 5.19. The highest BCUT2D eigenvalue weighted by Crippen LogP contribution is 2.52. The molecule has 138 valence electrons. The Morgan fingerprint density at radius 3 is 2.40 bits per heavy atom. The van der Waals surface area contributed by atoms with Gasteiger partial charge in [0.15, 0.2) is 0 Å². The highest BCUT2D eigenvalue weighted by Gasteiger charge is 2.45. The maximum Gasteiger partial charge on any atom is 0.256 e. The lowest BCUT2D eigenvalue weighted by Gasteiger charge is -2.53. The van der Waals surface area contributed by atoms with Crippen molar-refractivity contribution in [1.29, 1.82) is 0 Å². The van der Waals surface area contributed by atoms with E-state index in [0.717, 1.165) is 24.8 Å².